The minimum Gasteiger partial charge on any atom is -0.445 e. The quantitative estimate of drug-likeness (QED) is 0.318. The summed E-state index contributed by atoms with van der Waals surface area (Å²) in [4.78, 5) is 25.8. The van der Waals surface area contributed by atoms with E-state index in [1.54, 1.807) is 24.3 Å². The van der Waals surface area contributed by atoms with Crippen LogP contribution in [0.3, 0.4) is 0 Å². The molecule has 7 nitrogen and oxygen atoms in total. The van der Waals surface area contributed by atoms with Crippen LogP contribution in [0.5, 0.6) is 0 Å². The van der Waals surface area contributed by atoms with E-state index in [9.17, 15) is 9.59 Å². The summed E-state index contributed by atoms with van der Waals surface area (Å²) in [7, 11) is 0. The second kappa shape index (κ2) is 7.25. The fourth-order valence-corrected chi connectivity index (χ4v) is 1.14. The highest BCUT2D eigenvalue weighted by Gasteiger charge is 2.02. The summed E-state index contributed by atoms with van der Waals surface area (Å²) in [6.07, 6.45) is 0. The standard InChI is InChI=1S/C11H14N2O5/c1-8(14)17-7-12-11(15)13-10-4-2-9(3-5-10)6-18-16/h2-5,16H,6-7H2,1H3,(H2,12,13,15). The second-order valence-corrected chi connectivity index (χ2v) is 3.38. The summed E-state index contributed by atoms with van der Waals surface area (Å²) >= 11 is 0. The van der Waals surface area contributed by atoms with Gasteiger partial charge < -0.3 is 15.4 Å². The number of hydrogen-bond acceptors (Lipinski definition) is 5. The summed E-state index contributed by atoms with van der Waals surface area (Å²) in [5.41, 5.74) is 1.33. The molecule has 0 aliphatic rings. The van der Waals surface area contributed by atoms with Gasteiger partial charge in [-0.3, -0.25) is 10.1 Å². The molecule has 3 N–H and O–H groups in total. The third-order valence-electron chi connectivity index (χ3n) is 1.95. The van der Waals surface area contributed by atoms with Gasteiger partial charge >= 0.3 is 12.0 Å². The van der Waals surface area contributed by atoms with Gasteiger partial charge in [-0.25, -0.2) is 9.68 Å². The Kier molecular flexibility index (Phi) is 5.62. The van der Waals surface area contributed by atoms with E-state index in [0.29, 0.717) is 5.69 Å². The van der Waals surface area contributed by atoms with Crippen LogP contribution in [-0.2, 0) is 21.0 Å². The maximum atomic E-state index is 11.3. The average molecular weight is 254 g/mol. The molecule has 0 bridgehead atoms. The van der Waals surface area contributed by atoms with Crippen molar-refractivity contribution in [2.24, 2.45) is 0 Å². The molecule has 98 valence electrons. The Morgan fingerprint density at radius 3 is 2.50 bits per heavy atom. The number of ether oxygens (including phenoxy) is 1. The summed E-state index contributed by atoms with van der Waals surface area (Å²) < 4.78 is 4.55. The lowest BCUT2D eigenvalue weighted by Crippen LogP contribution is -2.31. The number of esters is 1. The first-order valence-corrected chi connectivity index (χ1v) is 5.15. The lowest BCUT2D eigenvalue weighted by atomic mass is 10.2. The molecule has 2 amide bonds. The zero-order valence-electron chi connectivity index (χ0n) is 9.80. The van der Waals surface area contributed by atoms with E-state index >= 15 is 0 Å². The van der Waals surface area contributed by atoms with Crippen molar-refractivity contribution >= 4 is 17.7 Å². The van der Waals surface area contributed by atoms with Gasteiger partial charge in [0.2, 0.25) is 0 Å². The Morgan fingerprint density at radius 1 is 1.28 bits per heavy atom. The highest BCUT2D eigenvalue weighted by Crippen LogP contribution is 2.09. The first-order valence-electron chi connectivity index (χ1n) is 5.15. The summed E-state index contributed by atoms with van der Waals surface area (Å²) in [5.74, 6) is -0.469. The monoisotopic (exact) mass is 254 g/mol. The van der Waals surface area contributed by atoms with Gasteiger partial charge in [-0.1, -0.05) is 12.1 Å². The Bertz CT molecular complexity index is 404. The molecule has 0 unspecified atom stereocenters. The van der Waals surface area contributed by atoms with E-state index in [0.717, 1.165) is 5.56 Å². The fraction of sp³-hybridized carbons (Fsp3) is 0.273. The van der Waals surface area contributed by atoms with Crippen LogP contribution in [0.25, 0.3) is 0 Å². The Balaban J connectivity index is 2.37. The molecule has 0 spiro atoms. The van der Waals surface area contributed by atoms with Crippen LogP contribution >= 0.6 is 0 Å². The SMILES string of the molecule is CC(=O)OCNC(=O)Nc1ccc(COO)cc1. The van der Waals surface area contributed by atoms with Crippen molar-refractivity contribution in [2.75, 3.05) is 12.0 Å². The Morgan fingerprint density at radius 2 is 1.94 bits per heavy atom. The lowest BCUT2D eigenvalue weighted by molar-refractivity contribution is -0.253. The molecule has 0 radical (unpaired) electrons. The van der Waals surface area contributed by atoms with E-state index in [2.05, 4.69) is 20.3 Å². The molecular weight excluding hydrogens is 240 g/mol. The number of urea groups is 1. The van der Waals surface area contributed by atoms with Crippen molar-refractivity contribution < 1.29 is 24.5 Å². The number of amides is 2. The largest absolute Gasteiger partial charge is 0.445 e. The normalized spacial score (nSPS) is 9.67. The molecule has 1 aromatic carbocycles. The molecule has 0 saturated carbocycles. The topological polar surface area (TPSA) is 96.9 Å². The molecule has 7 heteroatoms. The molecule has 1 rings (SSSR count). The minimum absolute atomic E-state index is 0.0823. The highest BCUT2D eigenvalue weighted by molar-refractivity contribution is 5.89. The number of benzene rings is 1. The number of anilines is 1. The summed E-state index contributed by atoms with van der Waals surface area (Å²) in [5, 5.41) is 13.1. The van der Waals surface area contributed by atoms with Crippen molar-refractivity contribution in [1.82, 2.24) is 5.32 Å². The lowest BCUT2D eigenvalue weighted by Gasteiger charge is -2.08. The van der Waals surface area contributed by atoms with Crippen molar-refractivity contribution in [3.63, 3.8) is 0 Å². The molecular formula is C11H14N2O5. The van der Waals surface area contributed by atoms with E-state index in [1.807, 2.05) is 0 Å². The van der Waals surface area contributed by atoms with Gasteiger partial charge in [0, 0.05) is 12.6 Å². The molecule has 0 aliphatic heterocycles. The number of hydrogen-bond donors (Lipinski definition) is 3. The third-order valence-corrected chi connectivity index (χ3v) is 1.95. The molecule has 0 fully saturated rings. The van der Waals surface area contributed by atoms with Crippen molar-refractivity contribution in [1.29, 1.82) is 0 Å². The Labute approximate surface area is 104 Å². The summed E-state index contributed by atoms with van der Waals surface area (Å²) in [6.45, 7) is 1.15. The number of rotatable bonds is 5. The molecule has 0 aromatic heterocycles. The van der Waals surface area contributed by atoms with E-state index in [1.165, 1.54) is 6.92 Å². The summed E-state index contributed by atoms with van der Waals surface area (Å²) in [6, 6.07) is 6.21. The van der Waals surface area contributed by atoms with Crippen LogP contribution in [0.1, 0.15) is 12.5 Å². The Hall–Kier alpha value is -2.12. The molecule has 0 heterocycles. The van der Waals surface area contributed by atoms with Gasteiger partial charge in [0.15, 0.2) is 6.73 Å². The molecule has 0 aliphatic carbocycles. The second-order valence-electron chi connectivity index (χ2n) is 3.38. The van der Waals surface area contributed by atoms with Gasteiger partial charge in [-0.05, 0) is 17.7 Å². The maximum Gasteiger partial charge on any atom is 0.321 e. The minimum atomic E-state index is -0.484. The molecule has 0 atom stereocenters. The van der Waals surface area contributed by atoms with Gasteiger partial charge in [-0.15, -0.1) is 0 Å². The van der Waals surface area contributed by atoms with E-state index < -0.39 is 12.0 Å². The van der Waals surface area contributed by atoms with Crippen molar-refractivity contribution in [3.05, 3.63) is 29.8 Å². The number of nitrogens with one attached hydrogen (secondary N) is 2. The predicted octanol–water partition coefficient (Wildman–Crippen LogP) is 1.32. The van der Waals surface area contributed by atoms with Crippen LogP contribution in [0, 0.1) is 0 Å². The zero-order valence-corrected chi connectivity index (χ0v) is 9.80. The number of carbonyl (C=O) groups excluding carboxylic acids is 2. The first kappa shape index (κ1) is 13.9. The fourth-order valence-electron chi connectivity index (χ4n) is 1.14. The first-order chi connectivity index (χ1) is 8.61. The average Bonchev–Trinajstić information content (AvgIpc) is 2.31. The molecule has 18 heavy (non-hydrogen) atoms. The van der Waals surface area contributed by atoms with Crippen LogP contribution < -0.4 is 10.6 Å². The zero-order chi connectivity index (χ0) is 13.4. The van der Waals surface area contributed by atoms with Crippen LogP contribution in [-0.4, -0.2) is 24.0 Å². The van der Waals surface area contributed by atoms with Gasteiger partial charge in [-0.2, -0.15) is 0 Å². The highest BCUT2D eigenvalue weighted by atomic mass is 17.1. The molecule has 1 aromatic rings. The van der Waals surface area contributed by atoms with Crippen molar-refractivity contribution in [3.8, 4) is 0 Å². The van der Waals surface area contributed by atoms with Gasteiger partial charge in [0.05, 0.1) is 0 Å². The maximum absolute atomic E-state index is 11.3. The number of carbonyl (C=O) groups is 2. The smallest absolute Gasteiger partial charge is 0.321 e. The van der Waals surface area contributed by atoms with E-state index in [4.69, 9.17) is 5.26 Å². The van der Waals surface area contributed by atoms with Crippen molar-refractivity contribution in [2.45, 2.75) is 13.5 Å². The van der Waals surface area contributed by atoms with Crippen LogP contribution in [0.15, 0.2) is 24.3 Å². The predicted molar refractivity (Wildman–Crippen MR) is 62.6 cm³/mol. The van der Waals surface area contributed by atoms with Gasteiger partial charge in [0.1, 0.15) is 6.61 Å². The van der Waals surface area contributed by atoms with E-state index in [-0.39, 0.29) is 13.3 Å². The van der Waals surface area contributed by atoms with Gasteiger partial charge in [0.25, 0.3) is 0 Å². The van der Waals surface area contributed by atoms with Crippen LogP contribution in [0.2, 0.25) is 0 Å². The molecule has 0 saturated heterocycles. The third kappa shape index (κ3) is 5.28. The van der Waals surface area contributed by atoms with Crippen LogP contribution in [0.4, 0.5) is 10.5 Å².